The third-order valence-electron chi connectivity index (χ3n) is 2.86. The lowest BCUT2D eigenvalue weighted by atomic mass is 10.1. The zero-order chi connectivity index (χ0) is 12.8. The molecule has 17 heavy (non-hydrogen) atoms. The molecule has 0 heterocycles. The first-order valence-corrected chi connectivity index (χ1v) is 5.80. The maximum Gasteiger partial charge on any atom is 0.251 e. The van der Waals surface area contributed by atoms with E-state index in [1.54, 1.807) is 25.1 Å². The number of aliphatic hydroxyl groups excluding tert-OH is 1. The van der Waals surface area contributed by atoms with Crippen LogP contribution in [0.5, 0.6) is 5.75 Å². The van der Waals surface area contributed by atoms with Gasteiger partial charge >= 0.3 is 0 Å². The van der Waals surface area contributed by atoms with Gasteiger partial charge in [0.25, 0.3) is 5.91 Å². The van der Waals surface area contributed by atoms with Crippen LogP contribution in [0.15, 0.2) is 18.2 Å². The smallest absolute Gasteiger partial charge is 0.251 e. The minimum Gasteiger partial charge on any atom is -0.508 e. The number of hydrogen-bond donors (Lipinski definition) is 3. The maximum absolute atomic E-state index is 12.0. The Balaban J connectivity index is 2.79. The number of carbonyl (C=O) groups is 1. The van der Waals surface area contributed by atoms with Crippen molar-refractivity contribution < 1.29 is 15.0 Å². The molecule has 0 aliphatic heterocycles. The Morgan fingerprint density at radius 1 is 1.47 bits per heavy atom. The molecule has 1 atom stereocenters. The zero-order valence-electron chi connectivity index (χ0n) is 10.2. The monoisotopic (exact) mass is 237 g/mol. The van der Waals surface area contributed by atoms with Crippen molar-refractivity contribution >= 4 is 5.91 Å². The summed E-state index contributed by atoms with van der Waals surface area (Å²) in [6, 6.07) is 4.84. The highest BCUT2D eigenvalue weighted by Gasteiger charge is 2.14. The van der Waals surface area contributed by atoms with Crippen molar-refractivity contribution in [2.75, 3.05) is 6.61 Å². The molecule has 4 heteroatoms. The Kier molecular flexibility index (Phi) is 4.97. The van der Waals surface area contributed by atoms with Crippen LogP contribution in [0.1, 0.15) is 35.7 Å². The number of hydrogen-bond acceptors (Lipinski definition) is 3. The Hall–Kier alpha value is -1.55. The molecule has 1 aromatic rings. The summed E-state index contributed by atoms with van der Waals surface area (Å²) < 4.78 is 0. The molecule has 0 saturated carbocycles. The van der Waals surface area contributed by atoms with Crippen LogP contribution in [0.3, 0.4) is 0 Å². The second kappa shape index (κ2) is 6.25. The van der Waals surface area contributed by atoms with Crippen LogP contribution in [0.25, 0.3) is 0 Å². The molecule has 0 fully saturated rings. The highest BCUT2D eigenvalue weighted by Crippen LogP contribution is 2.19. The predicted molar refractivity (Wildman–Crippen MR) is 66.1 cm³/mol. The molecule has 0 aromatic heterocycles. The van der Waals surface area contributed by atoms with E-state index in [2.05, 4.69) is 5.32 Å². The summed E-state index contributed by atoms with van der Waals surface area (Å²) in [5.41, 5.74) is 1.05. The molecule has 0 aliphatic rings. The number of carbonyl (C=O) groups excluding carboxylic acids is 1. The fourth-order valence-electron chi connectivity index (χ4n) is 1.67. The van der Waals surface area contributed by atoms with Crippen LogP contribution in [0.2, 0.25) is 0 Å². The van der Waals surface area contributed by atoms with E-state index in [-0.39, 0.29) is 24.3 Å². The SMILES string of the molecule is CCC(CCO)NC(=O)c1cccc(O)c1C. The van der Waals surface area contributed by atoms with Crippen molar-refractivity contribution in [3.05, 3.63) is 29.3 Å². The van der Waals surface area contributed by atoms with E-state index in [4.69, 9.17) is 5.11 Å². The van der Waals surface area contributed by atoms with Gasteiger partial charge in [0.1, 0.15) is 5.75 Å². The fourth-order valence-corrected chi connectivity index (χ4v) is 1.67. The van der Waals surface area contributed by atoms with Gasteiger partial charge in [0.15, 0.2) is 0 Å². The summed E-state index contributed by atoms with van der Waals surface area (Å²) in [6.07, 6.45) is 1.31. The van der Waals surface area contributed by atoms with Crippen molar-refractivity contribution in [1.29, 1.82) is 0 Å². The molecule has 0 aliphatic carbocycles. The molecular formula is C13H19NO3. The number of rotatable bonds is 5. The van der Waals surface area contributed by atoms with E-state index < -0.39 is 0 Å². The van der Waals surface area contributed by atoms with Crippen LogP contribution in [-0.2, 0) is 0 Å². The van der Waals surface area contributed by atoms with Gasteiger partial charge in [-0.25, -0.2) is 0 Å². The quantitative estimate of drug-likeness (QED) is 0.728. The van der Waals surface area contributed by atoms with Crippen LogP contribution in [0, 0.1) is 6.92 Å². The van der Waals surface area contributed by atoms with Gasteiger partial charge in [0.05, 0.1) is 0 Å². The molecule has 1 rings (SSSR count). The highest BCUT2D eigenvalue weighted by atomic mass is 16.3. The molecule has 94 valence electrons. The summed E-state index contributed by atoms with van der Waals surface area (Å²) in [6.45, 7) is 3.71. The number of phenols is 1. The fraction of sp³-hybridized carbons (Fsp3) is 0.462. The van der Waals surface area contributed by atoms with Crippen molar-refractivity contribution in [2.24, 2.45) is 0 Å². The average Bonchev–Trinajstić information content (AvgIpc) is 2.31. The Morgan fingerprint density at radius 3 is 2.76 bits per heavy atom. The Morgan fingerprint density at radius 2 is 2.18 bits per heavy atom. The molecule has 4 nitrogen and oxygen atoms in total. The second-order valence-corrected chi connectivity index (χ2v) is 4.04. The summed E-state index contributed by atoms with van der Waals surface area (Å²) in [5.74, 6) is -0.0912. The number of phenolic OH excluding ortho intramolecular Hbond substituents is 1. The number of nitrogens with one attached hydrogen (secondary N) is 1. The lowest BCUT2D eigenvalue weighted by Gasteiger charge is -2.16. The van der Waals surface area contributed by atoms with Crippen LogP contribution >= 0.6 is 0 Å². The number of amides is 1. The van der Waals surface area contributed by atoms with E-state index in [9.17, 15) is 9.90 Å². The Bertz CT molecular complexity index is 390. The number of aliphatic hydroxyl groups is 1. The summed E-state index contributed by atoms with van der Waals surface area (Å²) in [4.78, 5) is 12.0. The van der Waals surface area contributed by atoms with E-state index in [0.717, 1.165) is 6.42 Å². The highest BCUT2D eigenvalue weighted by molar-refractivity contribution is 5.96. The molecule has 1 amide bonds. The molecule has 0 saturated heterocycles. The van der Waals surface area contributed by atoms with Gasteiger partial charge in [-0.1, -0.05) is 13.0 Å². The van der Waals surface area contributed by atoms with Crippen LogP contribution in [-0.4, -0.2) is 28.8 Å². The normalized spacial score (nSPS) is 12.2. The number of aromatic hydroxyl groups is 1. The van der Waals surface area contributed by atoms with Gasteiger partial charge in [0, 0.05) is 23.8 Å². The van der Waals surface area contributed by atoms with Gasteiger partial charge in [-0.2, -0.15) is 0 Å². The minimum atomic E-state index is -0.210. The number of benzene rings is 1. The molecule has 3 N–H and O–H groups in total. The molecular weight excluding hydrogens is 218 g/mol. The summed E-state index contributed by atoms with van der Waals surface area (Å²) >= 11 is 0. The lowest BCUT2D eigenvalue weighted by molar-refractivity contribution is 0.0928. The lowest BCUT2D eigenvalue weighted by Crippen LogP contribution is -2.35. The third kappa shape index (κ3) is 3.46. The van der Waals surface area contributed by atoms with Gasteiger partial charge in [0.2, 0.25) is 0 Å². The van der Waals surface area contributed by atoms with E-state index in [0.29, 0.717) is 17.5 Å². The average molecular weight is 237 g/mol. The molecule has 1 unspecified atom stereocenters. The van der Waals surface area contributed by atoms with Crippen molar-refractivity contribution in [3.8, 4) is 5.75 Å². The van der Waals surface area contributed by atoms with E-state index in [1.165, 1.54) is 0 Å². The first-order valence-electron chi connectivity index (χ1n) is 5.80. The largest absolute Gasteiger partial charge is 0.508 e. The van der Waals surface area contributed by atoms with Gasteiger partial charge < -0.3 is 15.5 Å². The second-order valence-electron chi connectivity index (χ2n) is 4.04. The first-order chi connectivity index (χ1) is 8.10. The van der Waals surface area contributed by atoms with Crippen LogP contribution < -0.4 is 5.32 Å². The Labute approximate surface area is 101 Å². The van der Waals surface area contributed by atoms with Gasteiger partial charge in [-0.15, -0.1) is 0 Å². The van der Waals surface area contributed by atoms with Crippen molar-refractivity contribution in [1.82, 2.24) is 5.32 Å². The molecule has 0 radical (unpaired) electrons. The topological polar surface area (TPSA) is 69.6 Å². The maximum atomic E-state index is 12.0. The van der Waals surface area contributed by atoms with Crippen LogP contribution in [0.4, 0.5) is 0 Å². The molecule has 0 spiro atoms. The minimum absolute atomic E-state index is 0.0331. The molecule has 1 aromatic carbocycles. The zero-order valence-corrected chi connectivity index (χ0v) is 10.2. The first kappa shape index (κ1) is 13.5. The molecule has 0 bridgehead atoms. The van der Waals surface area contributed by atoms with Crippen molar-refractivity contribution in [2.45, 2.75) is 32.7 Å². The summed E-state index contributed by atoms with van der Waals surface area (Å²) in [7, 11) is 0. The van der Waals surface area contributed by atoms with Crippen molar-refractivity contribution in [3.63, 3.8) is 0 Å². The third-order valence-corrected chi connectivity index (χ3v) is 2.86. The standard InChI is InChI=1S/C13H19NO3/c1-3-10(7-8-15)14-13(17)11-5-4-6-12(16)9(11)2/h4-6,10,15-16H,3,7-8H2,1-2H3,(H,14,17). The predicted octanol–water partition coefficient (Wildman–Crippen LogP) is 1.59. The van der Waals surface area contributed by atoms with E-state index in [1.807, 2.05) is 6.92 Å². The van der Waals surface area contributed by atoms with E-state index >= 15 is 0 Å². The summed E-state index contributed by atoms with van der Waals surface area (Å²) in [5, 5.41) is 21.2. The van der Waals surface area contributed by atoms with Gasteiger partial charge in [-0.05, 0) is 31.9 Å². The van der Waals surface area contributed by atoms with Gasteiger partial charge in [-0.3, -0.25) is 4.79 Å².